The zero-order valence-corrected chi connectivity index (χ0v) is 13.0. The monoisotopic (exact) mass is 300 g/mol. The van der Waals surface area contributed by atoms with Crippen LogP contribution < -0.4 is 4.74 Å². The molecule has 0 atom stereocenters. The Balaban J connectivity index is 2.05. The van der Waals surface area contributed by atoms with Crippen LogP contribution in [0, 0.1) is 0 Å². The number of carbonyl (C=O) groups is 1. The predicted octanol–water partition coefficient (Wildman–Crippen LogP) is 4.30. The van der Waals surface area contributed by atoms with E-state index in [-0.39, 0.29) is 11.5 Å². The van der Waals surface area contributed by atoms with E-state index in [1.807, 2.05) is 30.3 Å². The molecule has 4 nitrogen and oxygen atoms in total. The van der Waals surface area contributed by atoms with Crippen LogP contribution in [0.4, 0.5) is 4.79 Å². The second kappa shape index (κ2) is 6.52. The van der Waals surface area contributed by atoms with Gasteiger partial charge in [-0.25, -0.2) is 4.79 Å². The molecule has 2 aromatic carbocycles. The highest BCUT2D eigenvalue weighted by molar-refractivity contribution is 5.64. The highest BCUT2D eigenvalue weighted by atomic mass is 16.7. The van der Waals surface area contributed by atoms with Gasteiger partial charge in [0.2, 0.25) is 0 Å². The lowest BCUT2D eigenvalue weighted by molar-refractivity contribution is 0.0206. The van der Waals surface area contributed by atoms with Gasteiger partial charge >= 0.3 is 6.16 Å². The first-order valence-electron chi connectivity index (χ1n) is 7.10. The third-order valence-corrected chi connectivity index (χ3v) is 2.88. The van der Waals surface area contributed by atoms with Crippen LogP contribution in [0.3, 0.4) is 0 Å². The number of rotatable bonds is 3. The van der Waals surface area contributed by atoms with Gasteiger partial charge in [0.15, 0.2) is 0 Å². The van der Waals surface area contributed by atoms with E-state index in [0.29, 0.717) is 6.42 Å². The maximum absolute atomic E-state index is 11.6. The van der Waals surface area contributed by atoms with E-state index < -0.39 is 11.8 Å². The van der Waals surface area contributed by atoms with Gasteiger partial charge in [0, 0.05) is 12.5 Å². The zero-order chi connectivity index (χ0) is 16.2. The smallest absolute Gasteiger partial charge is 0.508 e. The SMILES string of the molecule is CC(C)(C)OC(=O)Oc1ccc(Cc2ccccc2)c(O)c1. The molecule has 116 valence electrons. The topological polar surface area (TPSA) is 55.8 Å². The Morgan fingerprint density at radius 1 is 1.09 bits per heavy atom. The molecule has 0 saturated heterocycles. The minimum Gasteiger partial charge on any atom is -0.508 e. The summed E-state index contributed by atoms with van der Waals surface area (Å²) in [7, 11) is 0. The first kappa shape index (κ1) is 15.9. The lowest BCUT2D eigenvalue weighted by Crippen LogP contribution is -2.25. The molecular weight excluding hydrogens is 280 g/mol. The van der Waals surface area contributed by atoms with E-state index in [2.05, 4.69) is 0 Å². The molecule has 1 N–H and O–H groups in total. The average Bonchev–Trinajstić information content (AvgIpc) is 2.41. The first-order valence-corrected chi connectivity index (χ1v) is 7.10. The minimum absolute atomic E-state index is 0.0879. The lowest BCUT2D eigenvalue weighted by Gasteiger charge is -2.18. The number of aromatic hydroxyl groups is 1. The van der Waals surface area contributed by atoms with Crippen molar-refractivity contribution in [3.63, 3.8) is 0 Å². The van der Waals surface area contributed by atoms with E-state index in [4.69, 9.17) is 9.47 Å². The van der Waals surface area contributed by atoms with Gasteiger partial charge in [-0.3, -0.25) is 0 Å². The number of hydrogen-bond acceptors (Lipinski definition) is 4. The molecule has 0 aliphatic heterocycles. The second-order valence-corrected chi connectivity index (χ2v) is 6.02. The summed E-state index contributed by atoms with van der Waals surface area (Å²) in [4.78, 5) is 11.6. The summed E-state index contributed by atoms with van der Waals surface area (Å²) in [6.45, 7) is 5.28. The van der Waals surface area contributed by atoms with Crippen LogP contribution in [0.15, 0.2) is 48.5 Å². The zero-order valence-electron chi connectivity index (χ0n) is 13.0. The van der Waals surface area contributed by atoms with Crippen molar-refractivity contribution in [3.05, 3.63) is 59.7 Å². The summed E-state index contributed by atoms with van der Waals surface area (Å²) in [5, 5.41) is 10.1. The van der Waals surface area contributed by atoms with E-state index in [1.54, 1.807) is 32.9 Å². The third kappa shape index (κ3) is 4.81. The molecule has 0 radical (unpaired) electrons. The second-order valence-electron chi connectivity index (χ2n) is 6.02. The molecule has 0 heterocycles. The molecular formula is C18H20O4. The van der Waals surface area contributed by atoms with Gasteiger partial charge in [0.1, 0.15) is 17.1 Å². The summed E-state index contributed by atoms with van der Waals surface area (Å²) >= 11 is 0. The molecule has 0 aliphatic carbocycles. The van der Waals surface area contributed by atoms with Gasteiger partial charge < -0.3 is 14.6 Å². The molecule has 4 heteroatoms. The Labute approximate surface area is 130 Å². The summed E-state index contributed by atoms with van der Waals surface area (Å²) in [6.07, 6.45) is -0.179. The van der Waals surface area contributed by atoms with Crippen molar-refractivity contribution in [3.8, 4) is 11.5 Å². The van der Waals surface area contributed by atoms with Crippen LogP contribution in [0.5, 0.6) is 11.5 Å². The molecule has 0 bridgehead atoms. The summed E-state index contributed by atoms with van der Waals surface area (Å²) in [5.74, 6) is 0.341. The van der Waals surface area contributed by atoms with E-state index in [0.717, 1.165) is 11.1 Å². The normalized spacial score (nSPS) is 11.0. The van der Waals surface area contributed by atoms with Gasteiger partial charge in [0.25, 0.3) is 0 Å². The standard InChI is InChI=1S/C18H20O4/c1-18(2,3)22-17(20)21-15-10-9-14(16(19)12-15)11-13-7-5-4-6-8-13/h4-10,12,19H,11H2,1-3H3. The summed E-state index contributed by atoms with van der Waals surface area (Å²) in [5.41, 5.74) is 1.24. The Bertz CT molecular complexity index is 642. The molecule has 0 unspecified atom stereocenters. The number of carbonyl (C=O) groups excluding carboxylic acids is 1. The quantitative estimate of drug-likeness (QED) is 0.678. The highest BCUT2D eigenvalue weighted by Crippen LogP contribution is 2.26. The predicted molar refractivity (Wildman–Crippen MR) is 84.2 cm³/mol. The molecule has 0 fully saturated rings. The van der Waals surface area contributed by atoms with Crippen LogP contribution in [0.25, 0.3) is 0 Å². The molecule has 0 spiro atoms. The molecule has 0 aromatic heterocycles. The molecule has 2 rings (SSSR count). The van der Waals surface area contributed by atoms with E-state index in [1.165, 1.54) is 6.07 Å². The van der Waals surface area contributed by atoms with Crippen LogP contribution in [-0.2, 0) is 11.2 Å². The molecule has 0 aliphatic rings. The fraction of sp³-hybridized carbons (Fsp3) is 0.278. The third-order valence-electron chi connectivity index (χ3n) is 2.88. The fourth-order valence-electron chi connectivity index (χ4n) is 1.94. The van der Waals surface area contributed by atoms with Crippen LogP contribution >= 0.6 is 0 Å². The van der Waals surface area contributed by atoms with Crippen LogP contribution in [-0.4, -0.2) is 16.9 Å². The summed E-state index contributed by atoms with van der Waals surface area (Å²) < 4.78 is 10.1. The van der Waals surface area contributed by atoms with Crippen LogP contribution in [0.1, 0.15) is 31.9 Å². The maximum atomic E-state index is 11.6. The maximum Gasteiger partial charge on any atom is 0.514 e. The highest BCUT2D eigenvalue weighted by Gasteiger charge is 2.18. The van der Waals surface area contributed by atoms with E-state index >= 15 is 0 Å². The van der Waals surface area contributed by atoms with Gasteiger partial charge in [-0.05, 0) is 38.0 Å². The lowest BCUT2D eigenvalue weighted by atomic mass is 10.0. The number of benzene rings is 2. The van der Waals surface area contributed by atoms with Crippen molar-refractivity contribution in [2.75, 3.05) is 0 Å². The van der Waals surface area contributed by atoms with Crippen molar-refractivity contribution < 1.29 is 19.4 Å². The molecule has 2 aromatic rings. The number of hydrogen-bond donors (Lipinski definition) is 1. The number of phenols is 1. The summed E-state index contributed by atoms with van der Waals surface area (Å²) in [6, 6.07) is 14.6. The van der Waals surface area contributed by atoms with Gasteiger partial charge in [-0.2, -0.15) is 0 Å². The average molecular weight is 300 g/mol. The van der Waals surface area contributed by atoms with Crippen molar-refractivity contribution in [2.45, 2.75) is 32.8 Å². The van der Waals surface area contributed by atoms with Crippen molar-refractivity contribution in [1.29, 1.82) is 0 Å². The van der Waals surface area contributed by atoms with Gasteiger partial charge in [0.05, 0.1) is 0 Å². The Hall–Kier alpha value is -2.49. The minimum atomic E-state index is -0.789. The van der Waals surface area contributed by atoms with Gasteiger partial charge in [-0.1, -0.05) is 36.4 Å². The largest absolute Gasteiger partial charge is 0.514 e. The molecule has 0 saturated carbocycles. The van der Waals surface area contributed by atoms with Crippen molar-refractivity contribution >= 4 is 6.16 Å². The van der Waals surface area contributed by atoms with Crippen LogP contribution in [0.2, 0.25) is 0 Å². The van der Waals surface area contributed by atoms with Gasteiger partial charge in [-0.15, -0.1) is 0 Å². The first-order chi connectivity index (χ1) is 10.3. The van der Waals surface area contributed by atoms with E-state index in [9.17, 15) is 9.90 Å². The Morgan fingerprint density at radius 2 is 1.77 bits per heavy atom. The molecule has 22 heavy (non-hydrogen) atoms. The fourth-order valence-corrected chi connectivity index (χ4v) is 1.94. The van der Waals surface area contributed by atoms with Crippen molar-refractivity contribution in [1.82, 2.24) is 0 Å². The number of ether oxygens (including phenoxy) is 2. The Kier molecular flexibility index (Phi) is 4.71. The molecule has 0 amide bonds. The number of phenolic OH excluding ortho intramolecular Hbond substituents is 1. The van der Waals surface area contributed by atoms with Crippen molar-refractivity contribution in [2.24, 2.45) is 0 Å². The Morgan fingerprint density at radius 3 is 2.36 bits per heavy atom.